The Balaban J connectivity index is 1.42. The van der Waals surface area contributed by atoms with E-state index in [1.54, 1.807) is 11.8 Å². The Bertz CT molecular complexity index is 882. The first-order valence-corrected chi connectivity index (χ1v) is 9.75. The standard InChI is InChI=1S/C18H20FN5O2S/c1-11-15(16(25)21-9-13-8-20-5-4-14(13)19)27-17(22-11)24-7-6-23(18(24)26)10-12-2-3-12/h4-5,8,12H,2-3,6-7,9-10H2,1H3,(H,21,25). The number of pyridine rings is 1. The molecule has 1 saturated carbocycles. The lowest BCUT2D eigenvalue weighted by atomic mass is 10.2. The number of thiazole rings is 1. The van der Waals surface area contributed by atoms with E-state index in [-0.39, 0.29) is 18.5 Å². The molecule has 1 aliphatic heterocycles. The SMILES string of the molecule is Cc1nc(N2CCN(CC3CC3)C2=O)sc1C(=O)NCc1cnccc1F. The van der Waals surface area contributed by atoms with Gasteiger partial charge in [-0.2, -0.15) is 0 Å². The molecule has 1 N–H and O–H groups in total. The second-order valence-corrected chi connectivity index (χ2v) is 7.86. The maximum Gasteiger partial charge on any atom is 0.326 e. The van der Waals surface area contributed by atoms with Crippen LogP contribution in [0.1, 0.15) is 33.8 Å². The molecule has 2 aliphatic rings. The Morgan fingerprint density at radius 3 is 2.96 bits per heavy atom. The molecule has 1 saturated heterocycles. The van der Waals surface area contributed by atoms with Crippen molar-refractivity contribution >= 4 is 28.4 Å². The number of urea groups is 1. The summed E-state index contributed by atoms with van der Waals surface area (Å²) in [7, 11) is 0. The zero-order valence-electron chi connectivity index (χ0n) is 14.9. The van der Waals surface area contributed by atoms with Crippen molar-refractivity contribution in [2.24, 2.45) is 5.92 Å². The van der Waals surface area contributed by atoms with Crippen molar-refractivity contribution in [1.29, 1.82) is 0 Å². The minimum absolute atomic E-state index is 0.0416. The van der Waals surface area contributed by atoms with Crippen LogP contribution in [0.15, 0.2) is 18.5 Å². The van der Waals surface area contributed by atoms with Gasteiger partial charge in [0.25, 0.3) is 5.91 Å². The van der Waals surface area contributed by atoms with Gasteiger partial charge in [-0.25, -0.2) is 14.2 Å². The first-order chi connectivity index (χ1) is 13.0. The summed E-state index contributed by atoms with van der Waals surface area (Å²) in [5, 5.41) is 3.23. The summed E-state index contributed by atoms with van der Waals surface area (Å²) in [6.45, 7) is 3.87. The number of carbonyl (C=O) groups excluding carboxylic acids is 2. The van der Waals surface area contributed by atoms with Crippen molar-refractivity contribution in [3.8, 4) is 0 Å². The van der Waals surface area contributed by atoms with E-state index in [1.165, 1.54) is 42.6 Å². The number of rotatable bonds is 6. The van der Waals surface area contributed by atoms with Crippen LogP contribution in [-0.4, -0.2) is 46.4 Å². The van der Waals surface area contributed by atoms with E-state index in [4.69, 9.17) is 0 Å². The molecule has 3 heterocycles. The van der Waals surface area contributed by atoms with E-state index in [1.807, 2.05) is 4.90 Å². The largest absolute Gasteiger partial charge is 0.347 e. The number of aryl methyl sites for hydroxylation is 1. The third-order valence-corrected chi connectivity index (χ3v) is 5.96. The predicted octanol–water partition coefficient (Wildman–Crippen LogP) is 2.57. The predicted molar refractivity (Wildman–Crippen MR) is 99.3 cm³/mol. The van der Waals surface area contributed by atoms with E-state index in [9.17, 15) is 14.0 Å². The molecule has 0 bridgehead atoms. The maximum absolute atomic E-state index is 13.7. The molecule has 0 unspecified atom stereocenters. The molecule has 3 amide bonds. The number of hydrogen-bond acceptors (Lipinski definition) is 5. The molecule has 2 aromatic rings. The van der Waals surface area contributed by atoms with E-state index < -0.39 is 5.82 Å². The zero-order valence-corrected chi connectivity index (χ0v) is 15.8. The third kappa shape index (κ3) is 3.78. The highest BCUT2D eigenvalue weighted by Gasteiger charge is 2.35. The number of aromatic nitrogens is 2. The molecular formula is C18H20FN5O2S. The molecule has 0 spiro atoms. The molecule has 7 nitrogen and oxygen atoms in total. The highest BCUT2D eigenvalue weighted by Crippen LogP contribution is 2.33. The van der Waals surface area contributed by atoms with Crippen molar-refractivity contribution in [2.75, 3.05) is 24.5 Å². The number of halogens is 1. The van der Waals surface area contributed by atoms with Gasteiger partial charge in [0, 0.05) is 44.1 Å². The summed E-state index contributed by atoms with van der Waals surface area (Å²) >= 11 is 1.19. The van der Waals surface area contributed by atoms with Gasteiger partial charge in [-0.05, 0) is 31.7 Å². The number of anilines is 1. The normalized spacial score (nSPS) is 16.9. The lowest BCUT2D eigenvalue weighted by molar-refractivity contribution is 0.0954. The molecule has 4 rings (SSSR count). The number of nitrogens with one attached hydrogen (secondary N) is 1. The van der Waals surface area contributed by atoms with Crippen molar-refractivity contribution in [2.45, 2.75) is 26.3 Å². The molecule has 0 atom stereocenters. The van der Waals surface area contributed by atoms with Gasteiger partial charge < -0.3 is 10.2 Å². The van der Waals surface area contributed by atoms with Crippen molar-refractivity contribution in [3.63, 3.8) is 0 Å². The first kappa shape index (κ1) is 17.8. The molecule has 27 heavy (non-hydrogen) atoms. The molecular weight excluding hydrogens is 369 g/mol. The zero-order chi connectivity index (χ0) is 19.0. The van der Waals surface area contributed by atoms with Crippen LogP contribution in [0.5, 0.6) is 0 Å². The van der Waals surface area contributed by atoms with Gasteiger partial charge in [-0.3, -0.25) is 14.7 Å². The van der Waals surface area contributed by atoms with Crippen molar-refractivity contribution in [1.82, 2.24) is 20.2 Å². The molecule has 2 aromatic heterocycles. The first-order valence-electron chi connectivity index (χ1n) is 8.93. The number of carbonyl (C=O) groups is 2. The van der Waals surface area contributed by atoms with E-state index >= 15 is 0 Å². The lowest BCUT2D eigenvalue weighted by Crippen LogP contribution is -2.33. The molecule has 9 heteroatoms. The topological polar surface area (TPSA) is 78.4 Å². The van der Waals surface area contributed by atoms with Crippen LogP contribution in [0.3, 0.4) is 0 Å². The Morgan fingerprint density at radius 1 is 1.41 bits per heavy atom. The summed E-state index contributed by atoms with van der Waals surface area (Å²) in [5.41, 5.74) is 0.881. The van der Waals surface area contributed by atoms with E-state index in [0.29, 0.717) is 40.3 Å². The average molecular weight is 389 g/mol. The highest BCUT2D eigenvalue weighted by atomic mass is 32.1. The van der Waals surface area contributed by atoms with Crippen LogP contribution >= 0.6 is 11.3 Å². The van der Waals surface area contributed by atoms with Gasteiger partial charge in [0.15, 0.2) is 5.13 Å². The van der Waals surface area contributed by atoms with E-state index in [0.717, 1.165) is 6.54 Å². The second-order valence-electron chi connectivity index (χ2n) is 6.88. The van der Waals surface area contributed by atoms with Crippen molar-refractivity contribution < 1.29 is 14.0 Å². The fourth-order valence-electron chi connectivity index (χ4n) is 3.05. The van der Waals surface area contributed by atoms with E-state index in [2.05, 4.69) is 15.3 Å². The molecule has 2 fully saturated rings. The number of hydrogen-bond donors (Lipinski definition) is 1. The van der Waals surface area contributed by atoms with Gasteiger partial charge in [0.05, 0.1) is 5.69 Å². The lowest BCUT2D eigenvalue weighted by Gasteiger charge is -2.16. The number of nitrogens with zero attached hydrogens (tertiary/aromatic N) is 4. The molecule has 0 radical (unpaired) electrons. The Hall–Kier alpha value is -2.55. The van der Waals surface area contributed by atoms with Crippen LogP contribution < -0.4 is 10.2 Å². The van der Waals surface area contributed by atoms with Crippen LogP contribution in [0.2, 0.25) is 0 Å². The van der Waals surface area contributed by atoms with Crippen LogP contribution in [-0.2, 0) is 6.54 Å². The summed E-state index contributed by atoms with van der Waals surface area (Å²) in [5.74, 6) is -0.104. The second kappa shape index (κ2) is 7.22. The monoisotopic (exact) mass is 389 g/mol. The van der Waals surface area contributed by atoms with Crippen LogP contribution in [0.25, 0.3) is 0 Å². The summed E-state index contributed by atoms with van der Waals surface area (Å²) in [6.07, 6.45) is 5.14. The molecule has 1 aliphatic carbocycles. The summed E-state index contributed by atoms with van der Waals surface area (Å²) in [6, 6.07) is 1.21. The number of amides is 3. The Morgan fingerprint density at radius 2 is 2.22 bits per heavy atom. The van der Waals surface area contributed by atoms with Crippen LogP contribution in [0.4, 0.5) is 14.3 Å². The smallest absolute Gasteiger partial charge is 0.326 e. The third-order valence-electron chi connectivity index (χ3n) is 4.78. The average Bonchev–Trinajstić information content (AvgIpc) is 3.29. The fraction of sp³-hybridized carbons (Fsp3) is 0.444. The van der Waals surface area contributed by atoms with Crippen molar-refractivity contribution in [3.05, 3.63) is 40.4 Å². The minimum Gasteiger partial charge on any atom is -0.347 e. The van der Waals surface area contributed by atoms with Gasteiger partial charge >= 0.3 is 6.03 Å². The highest BCUT2D eigenvalue weighted by molar-refractivity contribution is 7.17. The maximum atomic E-state index is 13.7. The van der Waals surface area contributed by atoms with Gasteiger partial charge in [-0.1, -0.05) is 11.3 Å². The summed E-state index contributed by atoms with van der Waals surface area (Å²) in [4.78, 5) is 37.3. The van der Waals surface area contributed by atoms with Gasteiger partial charge in [0.1, 0.15) is 10.7 Å². The fourth-order valence-corrected chi connectivity index (χ4v) is 4.05. The quantitative estimate of drug-likeness (QED) is 0.824. The summed E-state index contributed by atoms with van der Waals surface area (Å²) < 4.78 is 13.7. The van der Waals surface area contributed by atoms with Gasteiger partial charge in [-0.15, -0.1) is 0 Å². The molecule has 142 valence electrons. The Labute approximate surface area is 160 Å². The minimum atomic E-state index is -0.412. The Kier molecular flexibility index (Phi) is 4.77. The van der Waals surface area contributed by atoms with Gasteiger partial charge in [0.2, 0.25) is 0 Å². The van der Waals surface area contributed by atoms with Crippen LogP contribution in [0, 0.1) is 18.7 Å². The molecule has 0 aromatic carbocycles.